The van der Waals surface area contributed by atoms with E-state index in [-0.39, 0.29) is 12.3 Å². The van der Waals surface area contributed by atoms with Crippen molar-refractivity contribution in [2.75, 3.05) is 6.54 Å². The molecule has 8 nitrogen and oxygen atoms in total. The number of carboxylic acid groups (broad SMARTS) is 1. The van der Waals surface area contributed by atoms with Gasteiger partial charge in [-0.1, -0.05) is 48.5 Å². The van der Waals surface area contributed by atoms with Gasteiger partial charge in [0.25, 0.3) is 0 Å². The number of carboxylic acids is 1. The molecule has 1 unspecified atom stereocenters. The molecular weight excluding hydrogens is 366 g/mol. The molecular formula is C20H23NO7. The minimum atomic E-state index is -1.54. The monoisotopic (exact) mass is 389 g/mol. The molecule has 1 heterocycles. The van der Waals surface area contributed by atoms with E-state index in [9.17, 15) is 25.2 Å². The number of para-hydroxylation sites is 1. The number of ether oxygens (including phenoxy) is 2. The molecule has 6 N–H and O–H groups in total. The van der Waals surface area contributed by atoms with Crippen LogP contribution in [0.3, 0.4) is 0 Å². The molecule has 150 valence electrons. The van der Waals surface area contributed by atoms with Gasteiger partial charge in [-0.15, -0.1) is 0 Å². The SMILES string of the molecule is NC[C@H]1O[C@@H](Oc2ccccc2C(C(=O)O)c2ccccc2)[C@@H](O)[C@@H](O)[C@@H]1O. The molecule has 6 atom stereocenters. The topological polar surface area (TPSA) is 142 Å². The molecule has 0 aliphatic carbocycles. The summed E-state index contributed by atoms with van der Waals surface area (Å²) in [5.41, 5.74) is 6.46. The van der Waals surface area contributed by atoms with Crippen molar-refractivity contribution >= 4 is 5.97 Å². The summed E-state index contributed by atoms with van der Waals surface area (Å²) >= 11 is 0. The lowest BCUT2D eigenvalue weighted by Gasteiger charge is -2.40. The maximum absolute atomic E-state index is 12.0. The lowest BCUT2D eigenvalue weighted by atomic mass is 9.90. The molecule has 1 aliphatic heterocycles. The van der Waals surface area contributed by atoms with Crippen molar-refractivity contribution in [3.63, 3.8) is 0 Å². The van der Waals surface area contributed by atoms with Gasteiger partial charge in [-0.2, -0.15) is 0 Å². The summed E-state index contributed by atoms with van der Waals surface area (Å²) in [6.07, 6.45) is -6.65. The van der Waals surface area contributed by atoms with Crippen LogP contribution >= 0.6 is 0 Å². The minimum absolute atomic E-state index is 0.0891. The van der Waals surface area contributed by atoms with Gasteiger partial charge < -0.3 is 35.6 Å². The number of aliphatic hydroxyl groups excluding tert-OH is 3. The summed E-state index contributed by atoms with van der Waals surface area (Å²) in [4.78, 5) is 12.0. The second kappa shape index (κ2) is 8.68. The third-order valence-corrected chi connectivity index (χ3v) is 4.75. The third kappa shape index (κ3) is 4.01. The Morgan fingerprint density at radius 3 is 2.29 bits per heavy atom. The number of rotatable bonds is 6. The van der Waals surface area contributed by atoms with Crippen molar-refractivity contribution in [2.24, 2.45) is 5.73 Å². The smallest absolute Gasteiger partial charge is 0.315 e. The van der Waals surface area contributed by atoms with Crippen LogP contribution in [0.4, 0.5) is 0 Å². The molecule has 1 fully saturated rings. The first-order chi connectivity index (χ1) is 13.4. The molecule has 0 aromatic heterocycles. The fourth-order valence-electron chi connectivity index (χ4n) is 3.26. The maximum Gasteiger partial charge on any atom is 0.315 e. The van der Waals surface area contributed by atoms with E-state index in [2.05, 4.69) is 0 Å². The summed E-state index contributed by atoms with van der Waals surface area (Å²) in [5.74, 6) is -1.89. The fourth-order valence-corrected chi connectivity index (χ4v) is 3.26. The first-order valence-corrected chi connectivity index (χ1v) is 8.87. The highest BCUT2D eigenvalue weighted by Gasteiger charge is 2.44. The van der Waals surface area contributed by atoms with Crippen molar-refractivity contribution in [3.05, 3.63) is 65.7 Å². The predicted molar refractivity (Wildman–Crippen MR) is 98.7 cm³/mol. The van der Waals surface area contributed by atoms with Crippen LogP contribution in [0.2, 0.25) is 0 Å². The standard InChI is InChI=1S/C20H23NO7/c21-10-14-16(22)17(23)18(24)20(28-14)27-13-9-5-4-8-12(13)15(19(25)26)11-6-2-1-3-7-11/h1-9,14-18,20,22-24H,10,21H2,(H,25,26)/t14-,15?,16-,17+,18+,20-/m1/s1. The molecule has 0 bridgehead atoms. The average Bonchev–Trinajstić information content (AvgIpc) is 2.70. The molecule has 1 aliphatic rings. The highest BCUT2D eigenvalue weighted by molar-refractivity contribution is 5.81. The van der Waals surface area contributed by atoms with Gasteiger partial charge >= 0.3 is 5.97 Å². The third-order valence-electron chi connectivity index (χ3n) is 4.75. The molecule has 8 heteroatoms. The van der Waals surface area contributed by atoms with Crippen LogP contribution in [0.5, 0.6) is 5.75 Å². The number of carbonyl (C=O) groups is 1. The zero-order chi connectivity index (χ0) is 20.3. The lowest BCUT2D eigenvalue weighted by Crippen LogP contribution is -2.60. The molecule has 3 rings (SSSR count). The molecule has 0 spiro atoms. The molecule has 1 saturated heterocycles. The van der Waals surface area contributed by atoms with Gasteiger partial charge in [0, 0.05) is 12.1 Å². The van der Waals surface area contributed by atoms with E-state index in [1.54, 1.807) is 54.6 Å². The molecule has 28 heavy (non-hydrogen) atoms. The summed E-state index contributed by atoms with van der Waals surface area (Å²) in [7, 11) is 0. The zero-order valence-electron chi connectivity index (χ0n) is 15.0. The molecule has 0 saturated carbocycles. The van der Waals surface area contributed by atoms with Crippen molar-refractivity contribution in [3.8, 4) is 5.75 Å². The summed E-state index contributed by atoms with van der Waals surface area (Å²) in [6, 6.07) is 15.2. The Balaban J connectivity index is 1.93. The van der Waals surface area contributed by atoms with Crippen molar-refractivity contribution in [1.29, 1.82) is 0 Å². The van der Waals surface area contributed by atoms with E-state index in [0.717, 1.165) is 0 Å². The number of hydrogen-bond acceptors (Lipinski definition) is 7. The van der Waals surface area contributed by atoms with E-state index in [4.69, 9.17) is 15.2 Å². The van der Waals surface area contributed by atoms with Crippen LogP contribution in [-0.2, 0) is 9.53 Å². The number of hydrogen-bond donors (Lipinski definition) is 5. The Morgan fingerprint density at radius 1 is 1.00 bits per heavy atom. The number of aliphatic hydroxyl groups is 3. The summed E-state index contributed by atoms with van der Waals surface area (Å²) in [6.45, 7) is -0.0891. The predicted octanol–water partition coefficient (Wildman–Crippen LogP) is 0.0482. The Morgan fingerprint density at radius 2 is 1.64 bits per heavy atom. The van der Waals surface area contributed by atoms with E-state index in [0.29, 0.717) is 11.1 Å². The lowest BCUT2D eigenvalue weighted by molar-refractivity contribution is -0.269. The van der Waals surface area contributed by atoms with Crippen LogP contribution in [0.1, 0.15) is 17.0 Å². The van der Waals surface area contributed by atoms with Gasteiger partial charge in [-0.25, -0.2) is 0 Å². The highest BCUT2D eigenvalue weighted by atomic mass is 16.7. The first-order valence-electron chi connectivity index (χ1n) is 8.87. The van der Waals surface area contributed by atoms with Crippen LogP contribution in [-0.4, -0.2) is 63.6 Å². The molecule has 0 amide bonds. The number of nitrogens with two attached hydrogens (primary N) is 1. The Kier molecular flexibility index (Phi) is 6.28. The number of benzene rings is 2. The van der Waals surface area contributed by atoms with Crippen molar-refractivity contribution < 1.29 is 34.7 Å². The normalized spacial score (nSPS) is 28.5. The quantitative estimate of drug-likeness (QED) is 0.466. The van der Waals surface area contributed by atoms with E-state index < -0.39 is 42.6 Å². The van der Waals surface area contributed by atoms with Crippen molar-refractivity contribution in [2.45, 2.75) is 36.6 Å². The van der Waals surface area contributed by atoms with E-state index in [1.165, 1.54) is 0 Å². The fraction of sp³-hybridized carbons (Fsp3) is 0.350. The Bertz CT molecular complexity index is 798. The Hall–Kier alpha value is -2.49. The Labute approximate surface area is 161 Å². The van der Waals surface area contributed by atoms with E-state index >= 15 is 0 Å². The minimum Gasteiger partial charge on any atom is -0.481 e. The van der Waals surface area contributed by atoms with Crippen LogP contribution < -0.4 is 10.5 Å². The van der Waals surface area contributed by atoms with Crippen LogP contribution in [0.25, 0.3) is 0 Å². The summed E-state index contributed by atoms with van der Waals surface area (Å²) < 4.78 is 11.2. The second-order valence-corrected chi connectivity index (χ2v) is 6.59. The van der Waals surface area contributed by atoms with E-state index in [1.807, 2.05) is 0 Å². The van der Waals surface area contributed by atoms with Gasteiger partial charge in [-0.3, -0.25) is 4.79 Å². The average molecular weight is 389 g/mol. The highest BCUT2D eigenvalue weighted by Crippen LogP contribution is 2.34. The largest absolute Gasteiger partial charge is 0.481 e. The van der Waals surface area contributed by atoms with Gasteiger partial charge in [-0.05, 0) is 11.6 Å². The van der Waals surface area contributed by atoms with Gasteiger partial charge in [0.1, 0.15) is 36.1 Å². The first kappa shape index (κ1) is 20.2. The van der Waals surface area contributed by atoms with Crippen molar-refractivity contribution in [1.82, 2.24) is 0 Å². The van der Waals surface area contributed by atoms with Gasteiger partial charge in [0.05, 0.1) is 0 Å². The van der Waals surface area contributed by atoms with Crippen LogP contribution in [0, 0.1) is 0 Å². The van der Waals surface area contributed by atoms with Gasteiger partial charge in [0.15, 0.2) is 0 Å². The number of aliphatic carboxylic acids is 1. The molecule has 2 aromatic carbocycles. The molecule has 0 radical (unpaired) electrons. The molecule has 2 aromatic rings. The zero-order valence-corrected chi connectivity index (χ0v) is 15.0. The van der Waals surface area contributed by atoms with Gasteiger partial charge in [0.2, 0.25) is 6.29 Å². The summed E-state index contributed by atoms with van der Waals surface area (Å²) in [5, 5.41) is 40.0. The van der Waals surface area contributed by atoms with Crippen LogP contribution in [0.15, 0.2) is 54.6 Å². The maximum atomic E-state index is 12.0. The second-order valence-electron chi connectivity index (χ2n) is 6.59.